The first-order valence-electron chi connectivity index (χ1n) is 5.66. The molecule has 0 spiro atoms. The Hall–Kier alpha value is -0.370. The zero-order valence-electron chi connectivity index (χ0n) is 10.3. The summed E-state index contributed by atoms with van der Waals surface area (Å²) in [6.07, 6.45) is 2.55. The maximum Gasteiger partial charge on any atom is 0.193 e. The summed E-state index contributed by atoms with van der Waals surface area (Å²) in [5.74, 6) is 1.00. The van der Waals surface area contributed by atoms with E-state index in [0.29, 0.717) is 0 Å². The number of nitrogens with zero attached hydrogens (tertiary/aromatic N) is 3. The van der Waals surface area contributed by atoms with E-state index >= 15 is 0 Å². The van der Waals surface area contributed by atoms with E-state index in [0.717, 1.165) is 36.3 Å². The SMILES string of the molecule is CN=C(NCc1nc(C)cs1)N1CCCC1.I. The molecule has 1 aromatic heterocycles. The topological polar surface area (TPSA) is 40.5 Å². The lowest BCUT2D eigenvalue weighted by atomic mass is 10.4. The van der Waals surface area contributed by atoms with Crippen molar-refractivity contribution in [1.29, 1.82) is 0 Å². The molecule has 17 heavy (non-hydrogen) atoms. The maximum atomic E-state index is 4.43. The van der Waals surface area contributed by atoms with Gasteiger partial charge in [-0.25, -0.2) is 4.98 Å². The summed E-state index contributed by atoms with van der Waals surface area (Å²) in [6.45, 7) is 5.05. The molecule has 0 aliphatic carbocycles. The molecule has 4 nitrogen and oxygen atoms in total. The van der Waals surface area contributed by atoms with Crippen LogP contribution < -0.4 is 5.32 Å². The highest BCUT2D eigenvalue weighted by Crippen LogP contribution is 2.10. The predicted octanol–water partition coefficient (Wildman–Crippen LogP) is 2.24. The predicted molar refractivity (Wildman–Crippen MR) is 83.3 cm³/mol. The first-order valence-corrected chi connectivity index (χ1v) is 6.54. The van der Waals surface area contributed by atoms with Gasteiger partial charge in [-0.2, -0.15) is 0 Å². The molecule has 1 saturated heterocycles. The van der Waals surface area contributed by atoms with Crippen molar-refractivity contribution in [2.24, 2.45) is 4.99 Å². The molecule has 1 N–H and O–H groups in total. The van der Waals surface area contributed by atoms with Crippen LogP contribution in [-0.4, -0.2) is 36.0 Å². The van der Waals surface area contributed by atoms with Gasteiger partial charge in [0.1, 0.15) is 5.01 Å². The van der Waals surface area contributed by atoms with Crippen molar-refractivity contribution in [2.45, 2.75) is 26.3 Å². The Morgan fingerprint density at radius 3 is 2.76 bits per heavy atom. The van der Waals surface area contributed by atoms with Crippen LogP contribution in [0.2, 0.25) is 0 Å². The maximum absolute atomic E-state index is 4.43. The standard InChI is InChI=1S/C11H18N4S.HI/c1-9-8-16-10(14-9)7-13-11(12-2)15-5-3-4-6-15;/h8H,3-7H2,1-2H3,(H,12,13);1H. The molecule has 1 aliphatic heterocycles. The average Bonchev–Trinajstić information content (AvgIpc) is 2.91. The van der Waals surface area contributed by atoms with Crippen molar-refractivity contribution in [3.05, 3.63) is 16.1 Å². The van der Waals surface area contributed by atoms with Crippen molar-refractivity contribution < 1.29 is 0 Å². The van der Waals surface area contributed by atoms with Gasteiger partial charge in [0.05, 0.1) is 6.54 Å². The van der Waals surface area contributed by atoms with Gasteiger partial charge in [0.15, 0.2) is 5.96 Å². The van der Waals surface area contributed by atoms with Gasteiger partial charge in [-0.3, -0.25) is 4.99 Å². The number of likely N-dealkylation sites (tertiary alicyclic amines) is 1. The van der Waals surface area contributed by atoms with Gasteiger partial charge in [-0.15, -0.1) is 35.3 Å². The van der Waals surface area contributed by atoms with E-state index in [2.05, 4.69) is 25.6 Å². The van der Waals surface area contributed by atoms with Gasteiger partial charge in [-0.1, -0.05) is 0 Å². The first kappa shape index (κ1) is 14.7. The summed E-state index contributed by atoms with van der Waals surface area (Å²) in [7, 11) is 1.84. The van der Waals surface area contributed by atoms with Gasteiger partial charge in [0, 0.05) is 31.2 Å². The van der Waals surface area contributed by atoms with E-state index in [-0.39, 0.29) is 24.0 Å². The molecule has 6 heteroatoms. The number of aliphatic imine (C=N–C) groups is 1. The molecule has 0 unspecified atom stereocenters. The highest BCUT2D eigenvalue weighted by molar-refractivity contribution is 14.0. The van der Waals surface area contributed by atoms with E-state index in [1.54, 1.807) is 11.3 Å². The lowest BCUT2D eigenvalue weighted by Gasteiger charge is -2.20. The molecule has 2 heterocycles. The van der Waals surface area contributed by atoms with Crippen LogP contribution in [0, 0.1) is 6.92 Å². The highest BCUT2D eigenvalue weighted by atomic mass is 127. The minimum Gasteiger partial charge on any atom is -0.350 e. The minimum absolute atomic E-state index is 0. The molecular weight excluding hydrogens is 347 g/mol. The Labute approximate surface area is 124 Å². The van der Waals surface area contributed by atoms with Crippen LogP contribution in [0.15, 0.2) is 10.4 Å². The van der Waals surface area contributed by atoms with Crippen LogP contribution >= 0.6 is 35.3 Å². The van der Waals surface area contributed by atoms with E-state index in [1.807, 2.05) is 14.0 Å². The average molecular weight is 366 g/mol. The van der Waals surface area contributed by atoms with Crippen LogP contribution in [-0.2, 0) is 6.54 Å². The van der Waals surface area contributed by atoms with E-state index in [9.17, 15) is 0 Å². The summed E-state index contributed by atoms with van der Waals surface area (Å²) < 4.78 is 0. The Kier molecular flexibility index (Phi) is 6.18. The zero-order chi connectivity index (χ0) is 11.4. The fraction of sp³-hybridized carbons (Fsp3) is 0.636. The van der Waals surface area contributed by atoms with Crippen LogP contribution in [0.5, 0.6) is 0 Å². The van der Waals surface area contributed by atoms with Gasteiger partial charge in [0.25, 0.3) is 0 Å². The van der Waals surface area contributed by atoms with E-state index < -0.39 is 0 Å². The number of halogens is 1. The van der Waals surface area contributed by atoms with E-state index in [4.69, 9.17) is 0 Å². The second-order valence-electron chi connectivity index (χ2n) is 3.98. The number of hydrogen-bond acceptors (Lipinski definition) is 3. The molecule has 0 saturated carbocycles. The van der Waals surface area contributed by atoms with Crippen LogP contribution in [0.25, 0.3) is 0 Å². The molecule has 0 aromatic carbocycles. The van der Waals surface area contributed by atoms with Gasteiger partial charge < -0.3 is 10.2 Å². The Morgan fingerprint density at radius 2 is 2.24 bits per heavy atom. The Morgan fingerprint density at radius 1 is 1.53 bits per heavy atom. The zero-order valence-corrected chi connectivity index (χ0v) is 13.4. The molecule has 0 bridgehead atoms. The third kappa shape index (κ3) is 4.09. The Balaban J connectivity index is 0.00000144. The van der Waals surface area contributed by atoms with Crippen LogP contribution in [0.1, 0.15) is 23.5 Å². The summed E-state index contributed by atoms with van der Waals surface area (Å²) in [4.78, 5) is 11.0. The molecule has 96 valence electrons. The number of aromatic nitrogens is 1. The monoisotopic (exact) mass is 366 g/mol. The quantitative estimate of drug-likeness (QED) is 0.496. The molecule has 1 fully saturated rings. The second-order valence-corrected chi connectivity index (χ2v) is 4.92. The summed E-state index contributed by atoms with van der Waals surface area (Å²) in [6, 6.07) is 0. The molecule has 2 rings (SSSR count). The molecule has 0 radical (unpaired) electrons. The summed E-state index contributed by atoms with van der Waals surface area (Å²) in [5.41, 5.74) is 1.10. The van der Waals surface area contributed by atoms with Crippen LogP contribution in [0.4, 0.5) is 0 Å². The van der Waals surface area contributed by atoms with Crippen molar-refractivity contribution in [3.8, 4) is 0 Å². The highest BCUT2D eigenvalue weighted by Gasteiger charge is 2.15. The molecule has 1 aliphatic rings. The number of guanidine groups is 1. The van der Waals surface area contributed by atoms with Crippen molar-refractivity contribution >= 4 is 41.3 Å². The number of aryl methyl sites for hydroxylation is 1. The normalized spacial score (nSPS) is 15.9. The lowest BCUT2D eigenvalue weighted by molar-refractivity contribution is 0.493. The summed E-state index contributed by atoms with van der Waals surface area (Å²) in [5, 5.41) is 6.57. The van der Waals surface area contributed by atoms with Crippen molar-refractivity contribution in [1.82, 2.24) is 15.2 Å². The number of hydrogen-bond donors (Lipinski definition) is 1. The smallest absolute Gasteiger partial charge is 0.193 e. The van der Waals surface area contributed by atoms with Gasteiger partial charge >= 0.3 is 0 Å². The number of rotatable bonds is 2. The summed E-state index contributed by atoms with van der Waals surface area (Å²) >= 11 is 1.70. The van der Waals surface area contributed by atoms with E-state index in [1.165, 1.54) is 12.8 Å². The third-order valence-electron chi connectivity index (χ3n) is 2.68. The van der Waals surface area contributed by atoms with Gasteiger partial charge in [-0.05, 0) is 19.8 Å². The fourth-order valence-corrected chi connectivity index (χ4v) is 2.61. The first-order chi connectivity index (χ1) is 7.79. The van der Waals surface area contributed by atoms with Crippen molar-refractivity contribution in [2.75, 3.05) is 20.1 Å². The largest absolute Gasteiger partial charge is 0.350 e. The number of thiazole rings is 1. The second kappa shape index (κ2) is 7.15. The van der Waals surface area contributed by atoms with Gasteiger partial charge in [0.2, 0.25) is 0 Å². The molecular formula is C11H19IN4S. The lowest BCUT2D eigenvalue weighted by Crippen LogP contribution is -2.39. The Bertz CT molecular complexity index is 371. The van der Waals surface area contributed by atoms with Crippen LogP contribution in [0.3, 0.4) is 0 Å². The molecule has 1 aromatic rings. The number of nitrogens with one attached hydrogen (secondary N) is 1. The fourth-order valence-electron chi connectivity index (χ4n) is 1.90. The minimum atomic E-state index is 0. The van der Waals surface area contributed by atoms with Crippen molar-refractivity contribution in [3.63, 3.8) is 0 Å². The molecule has 0 atom stereocenters. The molecule has 0 amide bonds. The third-order valence-corrected chi connectivity index (χ3v) is 3.65.